The lowest BCUT2D eigenvalue weighted by Crippen LogP contribution is -2.41. The number of amides is 1. The summed E-state index contributed by atoms with van der Waals surface area (Å²) in [6, 6.07) is 12.7. The van der Waals surface area contributed by atoms with E-state index in [4.69, 9.17) is 23.4 Å². The smallest absolute Gasteiger partial charge is 0.260 e. The molecule has 0 radical (unpaired) electrons. The molecule has 2 aliphatic rings. The average Bonchev–Trinajstić information content (AvgIpc) is 3.52. The SMILES string of the molecule is COc1ccc(OCC(=O)N2CCCC(c3nnc(-c4ccc5c(c4)OCO5)o3)C2)cc1. The van der Waals surface area contributed by atoms with Gasteiger partial charge in [-0.15, -0.1) is 10.2 Å². The normalized spacial score (nSPS) is 17.3. The molecule has 3 heterocycles. The Kier molecular flexibility index (Phi) is 5.53. The van der Waals surface area contributed by atoms with E-state index in [0.717, 1.165) is 24.2 Å². The van der Waals surface area contributed by atoms with E-state index in [9.17, 15) is 4.79 Å². The summed E-state index contributed by atoms with van der Waals surface area (Å²) in [5, 5.41) is 8.44. The van der Waals surface area contributed by atoms with Crippen LogP contribution in [-0.2, 0) is 4.79 Å². The number of nitrogens with zero attached hydrogens (tertiary/aromatic N) is 3. The van der Waals surface area contributed by atoms with E-state index in [1.54, 1.807) is 36.3 Å². The van der Waals surface area contributed by atoms with Crippen LogP contribution in [0.4, 0.5) is 0 Å². The van der Waals surface area contributed by atoms with E-state index in [0.29, 0.717) is 42.1 Å². The number of ether oxygens (including phenoxy) is 4. The molecule has 1 amide bonds. The quantitative estimate of drug-likeness (QED) is 0.580. The molecule has 9 heteroatoms. The highest BCUT2D eigenvalue weighted by atomic mass is 16.7. The van der Waals surface area contributed by atoms with Crippen molar-refractivity contribution in [2.24, 2.45) is 0 Å². The van der Waals surface area contributed by atoms with Crippen molar-refractivity contribution in [2.75, 3.05) is 33.6 Å². The van der Waals surface area contributed by atoms with Crippen molar-refractivity contribution >= 4 is 5.91 Å². The highest BCUT2D eigenvalue weighted by Crippen LogP contribution is 2.36. The Labute approximate surface area is 184 Å². The predicted octanol–water partition coefficient (Wildman–Crippen LogP) is 3.26. The van der Waals surface area contributed by atoms with Gasteiger partial charge in [-0.3, -0.25) is 4.79 Å². The van der Waals surface area contributed by atoms with Crippen molar-refractivity contribution < 1.29 is 28.2 Å². The molecular weight excluding hydrogens is 414 g/mol. The number of carbonyl (C=O) groups is 1. The molecule has 2 aromatic carbocycles. The summed E-state index contributed by atoms with van der Waals surface area (Å²) < 4.78 is 27.5. The summed E-state index contributed by atoms with van der Waals surface area (Å²) in [4.78, 5) is 14.5. The Morgan fingerprint density at radius 1 is 1.09 bits per heavy atom. The molecule has 0 spiro atoms. The fraction of sp³-hybridized carbons (Fsp3) is 0.348. The summed E-state index contributed by atoms with van der Waals surface area (Å²) in [6.45, 7) is 1.39. The molecule has 1 fully saturated rings. The summed E-state index contributed by atoms with van der Waals surface area (Å²) in [5.41, 5.74) is 0.768. The average molecular weight is 437 g/mol. The van der Waals surface area contributed by atoms with Crippen LogP contribution in [-0.4, -0.2) is 54.6 Å². The van der Waals surface area contributed by atoms with Crippen molar-refractivity contribution in [2.45, 2.75) is 18.8 Å². The zero-order chi connectivity index (χ0) is 21.9. The van der Waals surface area contributed by atoms with Crippen molar-refractivity contribution in [3.63, 3.8) is 0 Å². The zero-order valence-corrected chi connectivity index (χ0v) is 17.7. The van der Waals surface area contributed by atoms with Gasteiger partial charge in [0.05, 0.1) is 13.0 Å². The first kappa shape index (κ1) is 20.2. The molecular formula is C23H23N3O6. The molecule has 0 bridgehead atoms. The second-order valence-electron chi connectivity index (χ2n) is 7.66. The van der Waals surface area contributed by atoms with Crippen LogP contribution in [0.1, 0.15) is 24.7 Å². The van der Waals surface area contributed by atoms with Gasteiger partial charge in [-0.2, -0.15) is 0 Å². The van der Waals surface area contributed by atoms with Gasteiger partial charge in [0.1, 0.15) is 11.5 Å². The minimum Gasteiger partial charge on any atom is -0.497 e. The van der Waals surface area contributed by atoms with Gasteiger partial charge in [-0.1, -0.05) is 0 Å². The third kappa shape index (κ3) is 4.18. The van der Waals surface area contributed by atoms with Gasteiger partial charge >= 0.3 is 0 Å². The van der Waals surface area contributed by atoms with Gasteiger partial charge in [0.15, 0.2) is 18.1 Å². The second-order valence-corrected chi connectivity index (χ2v) is 7.66. The molecule has 0 saturated carbocycles. The summed E-state index contributed by atoms with van der Waals surface area (Å²) in [6.07, 6.45) is 1.74. The summed E-state index contributed by atoms with van der Waals surface area (Å²) >= 11 is 0. The van der Waals surface area contributed by atoms with E-state index in [1.165, 1.54) is 0 Å². The van der Waals surface area contributed by atoms with Crippen molar-refractivity contribution in [1.29, 1.82) is 0 Å². The number of benzene rings is 2. The maximum atomic E-state index is 12.7. The number of fused-ring (bicyclic) bond motifs is 1. The number of carbonyl (C=O) groups excluding carboxylic acids is 1. The van der Waals surface area contributed by atoms with E-state index in [1.807, 2.05) is 18.2 Å². The minimum atomic E-state index is -0.0685. The maximum Gasteiger partial charge on any atom is 0.260 e. The maximum absolute atomic E-state index is 12.7. The number of likely N-dealkylation sites (tertiary alicyclic amines) is 1. The highest BCUT2D eigenvalue weighted by Gasteiger charge is 2.29. The number of hydrogen-bond donors (Lipinski definition) is 0. The van der Waals surface area contributed by atoms with E-state index in [2.05, 4.69) is 10.2 Å². The van der Waals surface area contributed by atoms with Gasteiger partial charge in [0, 0.05) is 18.7 Å². The van der Waals surface area contributed by atoms with Gasteiger partial charge in [0.2, 0.25) is 18.6 Å². The Morgan fingerprint density at radius 3 is 2.75 bits per heavy atom. The number of rotatable bonds is 6. The van der Waals surface area contributed by atoms with Crippen LogP contribution >= 0.6 is 0 Å². The van der Waals surface area contributed by atoms with Crippen molar-refractivity contribution in [3.05, 3.63) is 48.4 Å². The van der Waals surface area contributed by atoms with Crippen LogP contribution in [0.15, 0.2) is 46.9 Å². The lowest BCUT2D eigenvalue weighted by atomic mass is 9.98. The largest absolute Gasteiger partial charge is 0.497 e. The van der Waals surface area contributed by atoms with Crippen LogP contribution in [0, 0.1) is 0 Å². The van der Waals surface area contributed by atoms with Crippen molar-refractivity contribution in [3.8, 4) is 34.5 Å². The molecule has 0 aliphatic carbocycles. The zero-order valence-electron chi connectivity index (χ0n) is 17.7. The standard InChI is InChI=1S/C23H23N3O6/c1-28-17-5-7-18(8-6-17)29-13-21(27)26-10-2-3-16(12-26)23-25-24-22(32-23)15-4-9-19-20(11-15)31-14-30-19/h4-9,11,16H,2-3,10,12-14H2,1H3. The lowest BCUT2D eigenvalue weighted by Gasteiger charge is -2.31. The Morgan fingerprint density at radius 2 is 1.91 bits per heavy atom. The molecule has 1 saturated heterocycles. The molecule has 5 rings (SSSR count). The van der Waals surface area contributed by atoms with Crippen LogP contribution in [0.2, 0.25) is 0 Å². The third-order valence-corrected chi connectivity index (χ3v) is 5.61. The second kappa shape index (κ2) is 8.78. The summed E-state index contributed by atoms with van der Waals surface area (Å²) in [5.74, 6) is 3.60. The molecule has 1 atom stereocenters. The Hall–Kier alpha value is -3.75. The van der Waals surface area contributed by atoms with Crippen LogP contribution in [0.25, 0.3) is 11.5 Å². The molecule has 1 aromatic heterocycles. The molecule has 2 aliphatic heterocycles. The first-order valence-electron chi connectivity index (χ1n) is 10.5. The number of hydrogen-bond acceptors (Lipinski definition) is 8. The fourth-order valence-corrected chi connectivity index (χ4v) is 3.86. The van der Waals surface area contributed by atoms with Crippen LogP contribution in [0.3, 0.4) is 0 Å². The molecule has 0 N–H and O–H groups in total. The molecule has 1 unspecified atom stereocenters. The number of aromatic nitrogens is 2. The Bertz CT molecular complexity index is 1100. The van der Waals surface area contributed by atoms with E-state index < -0.39 is 0 Å². The monoisotopic (exact) mass is 437 g/mol. The Balaban J connectivity index is 1.20. The van der Waals surface area contributed by atoms with Gasteiger partial charge in [0.25, 0.3) is 5.91 Å². The predicted molar refractivity (Wildman–Crippen MR) is 113 cm³/mol. The topological polar surface area (TPSA) is 96.2 Å². The van der Waals surface area contributed by atoms with Gasteiger partial charge in [-0.05, 0) is 55.3 Å². The molecule has 9 nitrogen and oxygen atoms in total. The molecule has 3 aromatic rings. The van der Waals surface area contributed by atoms with E-state index in [-0.39, 0.29) is 25.2 Å². The van der Waals surface area contributed by atoms with Crippen LogP contribution in [0.5, 0.6) is 23.0 Å². The fourth-order valence-electron chi connectivity index (χ4n) is 3.86. The molecule has 32 heavy (non-hydrogen) atoms. The van der Waals surface area contributed by atoms with Crippen molar-refractivity contribution in [1.82, 2.24) is 15.1 Å². The highest BCUT2D eigenvalue weighted by molar-refractivity contribution is 5.78. The third-order valence-electron chi connectivity index (χ3n) is 5.61. The number of methoxy groups -OCH3 is 1. The molecule has 166 valence electrons. The first-order valence-corrected chi connectivity index (χ1v) is 10.5. The number of piperidine rings is 1. The van der Waals surface area contributed by atoms with Gasteiger partial charge in [-0.25, -0.2) is 0 Å². The first-order chi connectivity index (χ1) is 15.7. The summed E-state index contributed by atoms with van der Waals surface area (Å²) in [7, 11) is 1.60. The van der Waals surface area contributed by atoms with Crippen LogP contribution < -0.4 is 18.9 Å². The van der Waals surface area contributed by atoms with E-state index >= 15 is 0 Å². The lowest BCUT2D eigenvalue weighted by molar-refractivity contribution is -0.134. The minimum absolute atomic E-state index is 0.0102. The van der Waals surface area contributed by atoms with Gasteiger partial charge < -0.3 is 28.3 Å².